The van der Waals surface area contributed by atoms with Crippen molar-refractivity contribution in [1.82, 2.24) is 20.0 Å². The molecule has 1 aliphatic heterocycles. The fourth-order valence-corrected chi connectivity index (χ4v) is 4.28. The molecule has 1 fully saturated rings. The smallest absolute Gasteiger partial charge is 0.317 e. The van der Waals surface area contributed by atoms with Crippen LogP contribution in [0, 0.1) is 0 Å². The van der Waals surface area contributed by atoms with Gasteiger partial charge in [0.05, 0.1) is 30.0 Å². The number of nitrogens with zero attached hydrogens (tertiary/aromatic N) is 3. The molecule has 2 aromatic heterocycles. The molecule has 2 amide bonds. The topological polar surface area (TPSA) is 97.4 Å². The fraction of sp³-hybridized carbons (Fsp3) is 0.467. The SMILES string of the molecule is Cn1cc(C2CS(=O)(=O)CCN2C(=O)NCCc2ccco2)cn1. The van der Waals surface area contributed by atoms with E-state index in [0.29, 0.717) is 13.0 Å². The maximum Gasteiger partial charge on any atom is 0.317 e. The number of hydrogen-bond donors (Lipinski definition) is 1. The quantitative estimate of drug-likeness (QED) is 0.875. The lowest BCUT2D eigenvalue weighted by Crippen LogP contribution is -2.50. The number of rotatable bonds is 4. The van der Waals surface area contributed by atoms with Crippen molar-refractivity contribution in [2.24, 2.45) is 7.05 Å². The molecular weight excluding hydrogens is 332 g/mol. The highest BCUT2D eigenvalue weighted by Gasteiger charge is 2.35. The second kappa shape index (κ2) is 6.68. The first-order chi connectivity index (χ1) is 11.4. The second-order valence-corrected chi connectivity index (χ2v) is 8.06. The van der Waals surface area contributed by atoms with Gasteiger partial charge in [-0.2, -0.15) is 5.10 Å². The highest BCUT2D eigenvalue weighted by Crippen LogP contribution is 2.26. The molecule has 130 valence electrons. The van der Waals surface area contributed by atoms with Crippen molar-refractivity contribution in [2.45, 2.75) is 12.5 Å². The van der Waals surface area contributed by atoms with Gasteiger partial charge in [-0.25, -0.2) is 13.2 Å². The van der Waals surface area contributed by atoms with Gasteiger partial charge in [0.1, 0.15) is 5.76 Å². The molecule has 0 bridgehead atoms. The summed E-state index contributed by atoms with van der Waals surface area (Å²) < 4.78 is 30.8. The molecule has 1 unspecified atom stereocenters. The first kappa shape index (κ1) is 16.6. The Morgan fingerprint density at radius 2 is 2.33 bits per heavy atom. The molecule has 0 spiro atoms. The van der Waals surface area contributed by atoms with Crippen molar-refractivity contribution in [3.63, 3.8) is 0 Å². The number of sulfone groups is 1. The molecule has 9 heteroatoms. The van der Waals surface area contributed by atoms with Crippen LogP contribution in [-0.2, 0) is 23.3 Å². The summed E-state index contributed by atoms with van der Waals surface area (Å²) in [4.78, 5) is 14.1. The number of hydrogen-bond acceptors (Lipinski definition) is 5. The van der Waals surface area contributed by atoms with Gasteiger partial charge in [-0.15, -0.1) is 0 Å². The van der Waals surface area contributed by atoms with Crippen LogP contribution in [-0.4, -0.2) is 53.7 Å². The zero-order valence-corrected chi connectivity index (χ0v) is 14.2. The highest BCUT2D eigenvalue weighted by molar-refractivity contribution is 7.91. The summed E-state index contributed by atoms with van der Waals surface area (Å²) in [5.41, 5.74) is 0.724. The van der Waals surface area contributed by atoms with E-state index in [1.165, 1.54) is 0 Å². The maximum atomic E-state index is 12.5. The number of aryl methyl sites for hydroxylation is 1. The van der Waals surface area contributed by atoms with Crippen LogP contribution < -0.4 is 5.32 Å². The van der Waals surface area contributed by atoms with Crippen molar-refractivity contribution in [3.8, 4) is 0 Å². The Labute approximate surface area is 140 Å². The van der Waals surface area contributed by atoms with Gasteiger partial charge in [0, 0.05) is 38.3 Å². The number of furan rings is 1. The molecular formula is C15H20N4O4S. The molecule has 8 nitrogen and oxygen atoms in total. The predicted molar refractivity (Wildman–Crippen MR) is 87.1 cm³/mol. The van der Waals surface area contributed by atoms with Gasteiger partial charge in [-0.1, -0.05) is 0 Å². The van der Waals surface area contributed by atoms with E-state index in [0.717, 1.165) is 11.3 Å². The van der Waals surface area contributed by atoms with Crippen LogP contribution in [0.1, 0.15) is 17.4 Å². The van der Waals surface area contributed by atoms with Crippen molar-refractivity contribution in [1.29, 1.82) is 0 Å². The van der Waals surface area contributed by atoms with Crippen LogP contribution in [0.25, 0.3) is 0 Å². The molecule has 1 aliphatic rings. The van der Waals surface area contributed by atoms with E-state index >= 15 is 0 Å². The molecule has 3 heterocycles. The Kier molecular flexibility index (Phi) is 4.61. The number of aromatic nitrogens is 2. The Morgan fingerprint density at radius 3 is 3.00 bits per heavy atom. The average molecular weight is 352 g/mol. The van der Waals surface area contributed by atoms with Crippen LogP contribution in [0.2, 0.25) is 0 Å². The summed E-state index contributed by atoms with van der Waals surface area (Å²) >= 11 is 0. The van der Waals surface area contributed by atoms with Gasteiger partial charge in [-0.3, -0.25) is 4.68 Å². The first-order valence-corrected chi connectivity index (χ1v) is 9.52. The van der Waals surface area contributed by atoms with E-state index in [-0.39, 0.29) is 24.1 Å². The van der Waals surface area contributed by atoms with E-state index in [9.17, 15) is 13.2 Å². The average Bonchev–Trinajstić information content (AvgIpc) is 3.18. The zero-order chi connectivity index (χ0) is 17.2. The molecule has 24 heavy (non-hydrogen) atoms. The number of urea groups is 1. The van der Waals surface area contributed by atoms with Crippen molar-refractivity contribution < 1.29 is 17.6 Å². The van der Waals surface area contributed by atoms with Gasteiger partial charge < -0.3 is 14.6 Å². The maximum absolute atomic E-state index is 12.5. The minimum Gasteiger partial charge on any atom is -0.469 e. The zero-order valence-electron chi connectivity index (χ0n) is 13.4. The fourth-order valence-electron chi connectivity index (χ4n) is 2.79. The number of carbonyl (C=O) groups is 1. The summed E-state index contributed by atoms with van der Waals surface area (Å²) in [5.74, 6) is 0.694. The lowest BCUT2D eigenvalue weighted by molar-refractivity contribution is 0.181. The Bertz CT molecular complexity index is 797. The normalized spacial score (nSPS) is 20.0. The van der Waals surface area contributed by atoms with Gasteiger partial charge in [0.2, 0.25) is 0 Å². The van der Waals surface area contributed by atoms with E-state index in [2.05, 4.69) is 10.4 Å². The Hall–Kier alpha value is -2.29. The summed E-state index contributed by atoms with van der Waals surface area (Å²) in [6.45, 7) is 0.601. The highest BCUT2D eigenvalue weighted by atomic mass is 32.2. The summed E-state index contributed by atoms with van der Waals surface area (Å²) in [6.07, 6.45) is 5.52. The molecule has 0 saturated carbocycles. The minimum absolute atomic E-state index is 0.0185. The Morgan fingerprint density at radius 1 is 1.50 bits per heavy atom. The number of amides is 2. The monoisotopic (exact) mass is 352 g/mol. The predicted octanol–water partition coefficient (Wildman–Crippen LogP) is 0.737. The van der Waals surface area contributed by atoms with Crippen LogP contribution in [0.5, 0.6) is 0 Å². The largest absolute Gasteiger partial charge is 0.469 e. The van der Waals surface area contributed by atoms with Crippen LogP contribution in [0.3, 0.4) is 0 Å². The van der Waals surface area contributed by atoms with E-state index in [4.69, 9.17) is 4.42 Å². The van der Waals surface area contributed by atoms with Crippen LogP contribution in [0.15, 0.2) is 35.2 Å². The molecule has 0 aromatic carbocycles. The van der Waals surface area contributed by atoms with Crippen molar-refractivity contribution >= 4 is 15.9 Å². The molecule has 0 radical (unpaired) electrons. The summed E-state index contributed by atoms with van der Waals surface area (Å²) in [6, 6.07) is 2.86. The molecule has 2 aromatic rings. The van der Waals surface area contributed by atoms with Gasteiger partial charge in [0.25, 0.3) is 0 Å². The van der Waals surface area contributed by atoms with Gasteiger partial charge >= 0.3 is 6.03 Å². The molecule has 3 rings (SSSR count). The third kappa shape index (κ3) is 3.78. The second-order valence-electron chi connectivity index (χ2n) is 5.83. The standard InChI is InChI=1S/C15H20N4O4S/c1-18-10-12(9-17-18)14-11-24(21,22)8-6-19(14)15(20)16-5-4-13-3-2-7-23-13/h2-3,7,9-10,14H,4-6,8,11H2,1H3,(H,16,20). The summed E-state index contributed by atoms with van der Waals surface area (Å²) in [7, 11) is -1.41. The molecule has 1 atom stereocenters. The van der Waals surface area contributed by atoms with E-state index < -0.39 is 15.9 Å². The number of nitrogens with one attached hydrogen (secondary N) is 1. The number of carbonyl (C=O) groups excluding carboxylic acids is 1. The van der Waals surface area contributed by atoms with Crippen LogP contribution in [0.4, 0.5) is 4.79 Å². The van der Waals surface area contributed by atoms with Crippen molar-refractivity contribution in [2.75, 3.05) is 24.6 Å². The van der Waals surface area contributed by atoms with Crippen LogP contribution >= 0.6 is 0 Å². The lowest BCUT2D eigenvalue weighted by Gasteiger charge is -2.34. The van der Waals surface area contributed by atoms with Gasteiger partial charge in [0.15, 0.2) is 9.84 Å². The molecule has 1 N–H and O–H groups in total. The van der Waals surface area contributed by atoms with Gasteiger partial charge in [-0.05, 0) is 12.1 Å². The third-order valence-electron chi connectivity index (χ3n) is 4.03. The molecule has 0 aliphatic carbocycles. The van der Waals surface area contributed by atoms with E-state index in [1.807, 2.05) is 6.07 Å². The molecule has 1 saturated heterocycles. The third-order valence-corrected chi connectivity index (χ3v) is 5.66. The van der Waals surface area contributed by atoms with E-state index in [1.54, 1.807) is 41.4 Å². The Balaban J connectivity index is 1.68. The summed E-state index contributed by atoms with van der Waals surface area (Å²) in [5, 5.41) is 6.91. The van der Waals surface area contributed by atoms with Crippen molar-refractivity contribution in [3.05, 3.63) is 42.1 Å². The first-order valence-electron chi connectivity index (χ1n) is 7.70. The minimum atomic E-state index is -3.17. The lowest BCUT2D eigenvalue weighted by atomic mass is 10.1.